The van der Waals surface area contributed by atoms with Gasteiger partial charge in [-0.1, -0.05) is 49.2 Å². The Kier molecular flexibility index (Phi) is 8.90. The van der Waals surface area contributed by atoms with E-state index in [0.717, 1.165) is 6.42 Å². The summed E-state index contributed by atoms with van der Waals surface area (Å²) in [6.45, 7) is 8.49. The molecule has 1 aliphatic carbocycles. The van der Waals surface area contributed by atoms with E-state index in [1.165, 1.54) is 82.4 Å². The molecule has 0 spiro atoms. The Morgan fingerprint density at radius 1 is 0.667 bits per heavy atom. The number of fused-ring (bicyclic) bond motifs is 3. The van der Waals surface area contributed by atoms with Gasteiger partial charge in [-0.25, -0.2) is 11.6 Å². The van der Waals surface area contributed by atoms with Crippen molar-refractivity contribution in [1.29, 1.82) is 0 Å². The molecule has 0 aliphatic heterocycles. The van der Waals surface area contributed by atoms with Crippen molar-refractivity contribution < 1.29 is 24.2 Å². The molecular formula is C35H32Zr. The molecule has 0 atom stereocenters. The zero-order chi connectivity index (χ0) is 25.5. The van der Waals surface area contributed by atoms with Crippen molar-refractivity contribution in [3.05, 3.63) is 149 Å². The third-order valence-electron chi connectivity index (χ3n) is 6.25. The number of allylic oxidation sites excluding steroid dienone is 4. The molecule has 5 aromatic rings. The summed E-state index contributed by atoms with van der Waals surface area (Å²) in [5.41, 5.74) is 8.04. The Morgan fingerprint density at radius 2 is 1.14 bits per heavy atom. The Labute approximate surface area is 230 Å². The predicted octanol–water partition coefficient (Wildman–Crippen LogP) is 9.22. The average molecular weight is 544 g/mol. The van der Waals surface area contributed by atoms with Crippen LogP contribution in [-0.4, -0.2) is 3.21 Å². The number of hydrogen-bond donors (Lipinski definition) is 0. The molecule has 0 heterocycles. The molecule has 0 amide bonds. The third-order valence-corrected chi connectivity index (χ3v) is 7.67. The summed E-state index contributed by atoms with van der Waals surface area (Å²) >= 11 is 1.46. The fraction of sp³-hybridized carbons (Fsp3) is 0.143. The molecule has 0 nitrogen and oxygen atoms in total. The van der Waals surface area contributed by atoms with Crippen LogP contribution >= 0.6 is 0 Å². The van der Waals surface area contributed by atoms with E-state index in [0.29, 0.717) is 0 Å². The molecule has 0 fully saturated rings. The standard InChI is InChI=1S/C15H13.C13H10.C7H9.Zr/c1-10-3-5-14-12(7-10)9-13-8-11(2)4-6-15(13)14;1-3-7-12(8-4-1)11-13-9-5-2-6-10-13;1-6-3-4-7(2)5-6;/h3-9H,1-2H3;1-10H;5H,3H2,1-2H3;/q-1;;-1;+2. The fourth-order valence-electron chi connectivity index (χ4n) is 4.39. The van der Waals surface area contributed by atoms with Gasteiger partial charge in [0.1, 0.15) is 0 Å². The molecule has 0 unspecified atom stereocenters. The first kappa shape index (κ1) is 26.1. The van der Waals surface area contributed by atoms with Crippen molar-refractivity contribution in [2.75, 3.05) is 0 Å². The molecule has 176 valence electrons. The average Bonchev–Trinajstić information content (AvgIpc) is 3.45. The minimum atomic E-state index is 1.05. The Morgan fingerprint density at radius 3 is 1.50 bits per heavy atom. The summed E-state index contributed by atoms with van der Waals surface area (Å²) in [4.78, 5) is 0. The van der Waals surface area contributed by atoms with Gasteiger partial charge >= 0.3 is 99.2 Å². The van der Waals surface area contributed by atoms with Gasteiger partial charge in [-0.3, -0.25) is 6.08 Å². The van der Waals surface area contributed by atoms with E-state index in [1.807, 2.05) is 0 Å². The molecule has 1 aliphatic rings. The van der Waals surface area contributed by atoms with Gasteiger partial charge in [0, 0.05) is 0 Å². The van der Waals surface area contributed by atoms with Gasteiger partial charge in [0.15, 0.2) is 0 Å². The maximum absolute atomic E-state index is 3.19. The van der Waals surface area contributed by atoms with E-state index in [-0.39, 0.29) is 0 Å². The van der Waals surface area contributed by atoms with Crippen LogP contribution in [0, 0.1) is 19.9 Å². The Hall–Kier alpha value is -3.02. The number of aryl methyl sites for hydroxylation is 2. The normalized spacial score (nSPS) is 12.3. The quantitative estimate of drug-likeness (QED) is 0.195. The van der Waals surface area contributed by atoms with Crippen molar-refractivity contribution >= 4 is 24.8 Å². The van der Waals surface area contributed by atoms with Crippen molar-refractivity contribution in [3.63, 3.8) is 0 Å². The summed E-state index contributed by atoms with van der Waals surface area (Å²) < 4.78 is 1.42. The van der Waals surface area contributed by atoms with Gasteiger partial charge in [-0.2, -0.15) is 5.57 Å². The summed E-state index contributed by atoms with van der Waals surface area (Å²) in [6.07, 6.45) is 6.41. The van der Waals surface area contributed by atoms with E-state index >= 15 is 0 Å². The van der Waals surface area contributed by atoms with Crippen LogP contribution in [0.5, 0.6) is 0 Å². The second-order valence-corrected chi connectivity index (χ2v) is 10.7. The maximum atomic E-state index is 3.19. The fourth-order valence-corrected chi connectivity index (χ4v) is 5.21. The Balaban J connectivity index is 0.000000135. The minimum absolute atomic E-state index is 1.05. The summed E-state index contributed by atoms with van der Waals surface area (Å²) in [5, 5.41) is 5.46. The summed E-state index contributed by atoms with van der Waals surface area (Å²) in [6, 6.07) is 36.7. The molecule has 5 aromatic carbocycles. The zero-order valence-electron chi connectivity index (χ0n) is 21.6. The summed E-state index contributed by atoms with van der Waals surface area (Å²) in [5.74, 6) is 0. The van der Waals surface area contributed by atoms with Gasteiger partial charge in [-0.05, 0) is 13.8 Å². The van der Waals surface area contributed by atoms with Crippen molar-refractivity contribution in [2.24, 2.45) is 0 Å². The Bertz CT molecular complexity index is 1430. The van der Waals surface area contributed by atoms with Crippen LogP contribution < -0.4 is 0 Å². The van der Waals surface area contributed by atoms with Crippen molar-refractivity contribution in [3.8, 4) is 0 Å². The van der Waals surface area contributed by atoms with E-state index in [2.05, 4.69) is 143 Å². The first-order valence-corrected chi connectivity index (χ1v) is 13.6. The SMILES string of the molecule is CC1=[C-]CC(C)=C1.Cc1ccc2c(c1)[cH-]c1cc(C)ccc12.[Zr+2]=[C](c1ccccc1)c1ccccc1. The van der Waals surface area contributed by atoms with E-state index in [1.54, 1.807) is 0 Å². The van der Waals surface area contributed by atoms with Gasteiger partial charge in [-0.15, -0.1) is 46.2 Å². The first-order chi connectivity index (χ1) is 17.4. The second-order valence-electron chi connectivity index (χ2n) is 9.46. The first-order valence-electron chi connectivity index (χ1n) is 12.4. The molecule has 0 N–H and O–H groups in total. The summed E-state index contributed by atoms with van der Waals surface area (Å²) in [7, 11) is 0. The molecule has 0 saturated heterocycles. The molecular weight excluding hydrogens is 512 g/mol. The monoisotopic (exact) mass is 542 g/mol. The second kappa shape index (κ2) is 12.3. The van der Waals surface area contributed by atoms with E-state index in [9.17, 15) is 0 Å². The van der Waals surface area contributed by atoms with Gasteiger partial charge in [0.2, 0.25) is 0 Å². The molecule has 1 heteroatoms. The molecule has 6 rings (SSSR count). The molecule has 0 aromatic heterocycles. The number of benzene rings is 4. The predicted molar refractivity (Wildman–Crippen MR) is 153 cm³/mol. The van der Waals surface area contributed by atoms with Crippen LogP contribution in [0.4, 0.5) is 0 Å². The van der Waals surface area contributed by atoms with Crippen LogP contribution in [0.1, 0.15) is 42.5 Å². The van der Waals surface area contributed by atoms with E-state index in [4.69, 9.17) is 0 Å². The van der Waals surface area contributed by atoms with Gasteiger partial charge in [0.25, 0.3) is 0 Å². The van der Waals surface area contributed by atoms with Crippen molar-refractivity contribution in [1.82, 2.24) is 0 Å². The molecule has 0 bridgehead atoms. The van der Waals surface area contributed by atoms with Crippen LogP contribution in [0.3, 0.4) is 0 Å². The van der Waals surface area contributed by atoms with Crippen LogP contribution in [0.25, 0.3) is 21.5 Å². The van der Waals surface area contributed by atoms with Crippen LogP contribution in [-0.2, 0) is 24.2 Å². The molecule has 0 saturated carbocycles. The zero-order valence-corrected chi connectivity index (χ0v) is 24.1. The molecule has 0 radical (unpaired) electrons. The topological polar surface area (TPSA) is 0 Å². The number of rotatable bonds is 2. The van der Waals surface area contributed by atoms with Crippen LogP contribution in [0.2, 0.25) is 0 Å². The van der Waals surface area contributed by atoms with E-state index < -0.39 is 0 Å². The molecule has 36 heavy (non-hydrogen) atoms. The van der Waals surface area contributed by atoms with Crippen molar-refractivity contribution in [2.45, 2.75) is 34.1 Å². The van der Waals surface area contributed by atoms with Crippen LogP contribution in [0.15, 0.2) is 120 Å². The van der Waals surface area contributed by atoms with Gasteiger partial charge < -0.3 is 0 Å². The number of hydrogen-bond acceptors (Lipinski definition) is 0. The van der Waals surface area contributed by atoms with Gasteiger partial charge in [0.05, 0.1) is 0 Å². The third kappa shape index (κ3) is 6.80.